The first-order chi connectivity index (χ1) is 8.50. The lowest BCUT2D eigenvalue weighted by molar-refractivity contribution is 0.173. The second kappa shape index (κ2) is 5.26. The highest BCUT2D eigenvalue weighted by atomic mass is 35.5. The maximum absolute atomic E-state index is 10.2. The number of aryl methyl sites for hydroxylation is 2. The average molecular weight is 286 g/mol. The van der Waals surface area contributed by atoms with Crippen molar-refractivity contribution in [2.24, 2.45) is 7.05 Å². The summed E-state index contributed by atoms with van der Waals surface area (Å²) in [5.74, 6) is 0. The Bertz CT molecular complexity index is 568. The van der Waals surface area contributed by atoms with E-state index in [2.05, 4.69) is 10.1 Å². The molecule has 2 rings (SSSR count). The third-order valence-corrected chi connectivity index (χ3v) is 3.56. The molecule has 2 heterocycles. The average Bonchev–Trinajstić information content (AvgIpc) is 2.56. The van der Waals surface area contributed by atoms with E-state index in [4.69, 9.17) is 23.2 Å². The van der Waals surface area contributed by atoms with Crippen LogP contribution in [-0.2, 0) is 13.5 Å². The highest BCUT2D eigenvalue weighted by Gasteiger charge is 2.19. The van der Waals surface area contributed by atoms with Crippen molar-refractivity contribution in [2.45, 2.75) is 19.4 Å². The summed E-state index contributed by atoms with van der Waals surface area (Å²) in [5.41, 5.74) is 2.07. The van der Waals surface area contributed by atoms with Crippen molar-refractivity contribution < 1.29 is 5.11 Å². The molecule has 0 saturated carbocycles. The predicted octanol–water partition coefficient (Wildman–Crippen LogP) is 2.71. The van der Waals surface area contributed by atoms with Crippen LogP contribution in [0.4, 0.5) is 0 Å². The Morgan fingerprint density at radius 2 is 2.17 bits per heavy atom. The van der Waals surface area contributed by atoms with Crippen LogP contribution in [0.15, 0.2) is 18.3 Å². The van der Waals surface area contributed by atoms with E-state index in [1.54, 1.807) is 30.1 Å². The van der Waals surface area contributed by atoms with Gasteiger partial charge in [0.2, 0.25) is 0 Å². The quantitative estimate of drug-likeness (QED) is 0.943. The molecule has 96 valence electrons. The summed E-state index contributed by atoms with van der Waals surface area (Å²) in [6.45, 7) is 1.86. The van der Waals surface area contributed by atoms with Crippen LogP contribution in [0.1, 0.15) is 23.1 Å². The molecule has 0 amide bonds. The second-order valence-corrected chi connectivity index (χ2v) is 4.83. The topological polar surface area (TPSA) is 50.9 Å². The van der Waals surface area contributed by atoms with Crippen LogP contribution in [0.3, 0.4) is 0 Å². The van der Waals surface area contributed by atoms with Gasteiger partial charge in [-0.15, -0.1) is 0 Å². The smallest absolute Gasteiger partial charge is 0.130 e. The number of rotatable bonds is 3. The van der Waals surface area contributed by atoms with Crippen LogP contribution in [0.5, 0.6) is 0 Å². The van der Waals surface area contributed by atoms with Gasteiger partial charge in [0.25, 0.3) is 0 Å². The maximum atomic E-state index is 10.2. The minimum absolute atomic E-state index is 0.343. The van der Waals surface area contributed by atoms with Crippen LogP contribution in [0, 0.1) is 6.92 Å². The molecule has 1 N–H and O–H groups in total. The molecule has 0 fully saturated rings. The zero-order chi connectivity index (χ0) is 13.3. The van der Waals surface area contributed by atoms with E-state index in [0.717, 1.165) is 11.3 Å². The highest BCUT2D eigenvalue weighted by Crippen LogP contribution is 2.27. The van der Waals surface area contributed by atoms with Gasteiger partial charge < -0.3 is 5.11 Å². The first-order valence-electron chi connectivity index (χ1n) is 5.47. The molecule has 2 aromatic heterocycles. The van der Waals surface area contributed by atoms with Gasteiger partial charge in [-0.05, 0) is 19.1 Å². The van der Waals surface area contributed by atoms with Crippen molar-refractivity contribution in [1.29, 1.82) is 0 Å². The first-order valence-corrected chi connectivity index (χ1v) is 6.22. The summed E-state index contributed by atoms with van der Waals surface area (Å²) in [5, 5.41) is 15.3. The molecule has 1 unspecified atom stereocenters. The highest BCUT2D eigenvalue weighted by molar-refractivity contribution is 6.31. The molecule has 0 spiro atoms. The molecule has 0 aliphatic heterocycles. The molecule has 18 heavy (non-hydrogen) atoms. The molecule has 4 nitrogen and oxygen atoms in total. The molecule has 0 saturated heterocycles. The fourth-order valence-electron chi connectivity index (χ4n) is 1.84. The Morgan fingerprint density at radius 3 is 2.72 bits per heavy atom. The third-order valence-electron chi connectivity index (χ3n) is 2.77. The van der Waals surface area contributed by atoms with Crippen molar-refractivity contribution in [3.05, 3.63) is 45.5 Å². The fourth-order valence-corrected chi connectivity index (χ4v) is 2.34. The molecule has 0 radical (unpaired) electrons. The van der Waals surface area contributed by atoms with Gasteiger partial charge in [0.15, 0.2) is 0 Å². The van der Waals surface area contributed by atoms with E-state index < -0.39 is 6.10 Å². The summed E-state index contributed by atoms with van der Waals surface area (Å²) in [6.07, 6.45) is 1.15. The van der Waals surface area contributed by atoms with E-state index >= 15 is 0 Å². The van der Waals surface area contributed by atoms with Crippen molar-refractivity contribution in [3.63, 3.8) is 0 Å². The summed E-state index contributed by atoms with van der Waals surface area (Å²) < 4.78 is 1.58. The lowest BCUT2D eigenvalue weighted by Crippen LogP contribution is -2.05. The van der Waals surface area contributed by atoms with Gasteiger partial charge >= 0.3 is 0 Å². The zero-order valence-corrected chi connectivity index (χ0v) is 11.6. The molecule has 6 heteroatoms. The van der Waals surface area contributed by atoms with Crippen molar-refractivity contribution in [2.75, 3.05) is 0 Å². The fraction of sp³-hybridized carbons (Fsp3) is 0.333. The van der Waals surface area contributed by atoms with Crippen LogP contribution >= 0.6 is 23.2 Å². The zero-order valence-electron chi connectivity index (χ0n) is 10.1. The van der Waals surface area contributed by atoms with Crippen LogP contribution in [0.25, 0.3) is 0 Å². The summed E-state index contributed by atoms with van der Waals surface area (Å²) in [4.78, 5) is 4.09. The standard InChI is InChI=1S/C12H13Cl2N3O/c1-7-8(12(14)17(2)16-7)6-10(18)11-9(13)4-3-5-15-11/h3-5,10,18H,6H2,1-2H3. The summed E-state index contributed by atoms with van der Waals surface area (Å²) in [6, 6.07) is 3.42. The van der Waals surface area contributed by atoms with E-state index in [1.807, 2.05) is 6.92 Å². The van der Waals surface area contributed by atoms with Gasteiger partial charge in [-0.2, -0.15) is 5.10 Å². The molecular weight excluding hydrogens is 273 g/mol. The Balaban J connectivity index is 2.27. The number of aliphatic hydroxyl groups is 1. The van der Waals surface area contributed by atoms with E-state index in [1.165, 1.54) is 0 Å². The Kier molecular flexibility index (Phi) is 3.90. The SMILES string of the molecule is Cc1nn(C)c(Cl)c1CC(O)c1ncccc1Cl. The predicted molar refractivity (Wildman–Crippen MR) is 70.9 cm³/mol. The van der Waals surface area contributed by atoms with Crippen molar-refractivity contribution in [1.82, 2.24) is 14.8 Å². The lowest BCUT2D eigenvalue weighted by Gasteiger charge is -2.11. The van der Waals surface area contributed by atoms with Gasteiger partial charge in [-0.1, -0.05) is 23.2 Å². The Morgan fingerprint density at radius 1 is 1.44 bits per heavy atom. The van der Waals surface area contributed by atoms with Crippen LogP contribution in [0.2, 0.25) is 10.2 Å². The summed E-state index contributed by atoms with van der Waals surface area (Å²) in [7, 11) is 1.76. The molecule has 0 aromatic carbocycles. The maximum Gasteiger partial charge on any atom is 0.130 e. The Hall–Kier alpha value is -1.10. The largest absolute Gasteiger partial charge is 0.386 e. The third kappa shape index (κ3) is 2.51. The minimum atomic E-state index is -0.793. The number of hydrogen-bond acceptors (Lipinski definition) is 3. The molecule has 1 atom stereocenters. The summed E-state index contributed by atoms with van der Waals surface area (Å²) >= 11 is 12.1. The van der Waals surface area contributed by atoms with E-state index in [9.17, 15) is 5.11 Å². The molecule has 0 bridgehead atoms. The van der Waals surface area contributed by atoms with Gasteiger partial charge in [0.1, 0.15) is 11.3 Å². The van der Waals surface area contributed by atoms with Gasteiger partial charge in [-0.25, -0.2) is 0 Å². The molecule has 0 aliphatic rings. The van der Waals surface area contributed by atoms with Gasteiger partial charge in [-0.3, -0.25) is 9.67 Å². The van der Waals surface area contributed by atoms with Gasteiger partial charge in [0.05, 0.1) is 16.4 Å². The number of aliphatic hydroxyl groups excluding tert-OH is 1. The van der Waals surface area contributed by atoms with Crippen molar-refractivity contribution >= 4 is 23.2 Å². The lowest BCUT2D eigenvalue weighted by atomic mass is 10.1. The molecule has 0 aliphatic carbocycles. The molecule has 2 aromatic rings. The number of pyridine rings is 1. The Labute approximate surface area is 115 Å². The normalized spacial score (nSPS) is 12.7. The van der Waals surface area contributed by atoms with Crippen LogP contribution < -0.4 is 0 Å². The molecular formula is C12H13Cl2N3O. The first kappa shape index (κ1) is 13.3. The second-order valence-electron chi connectivity index (χ2n) is 4.07. The number of nitrogens with zero attached hydrogens (tertiary/aromatic N) is 3. The van der Waals surface area contributed by atoms with E-state index in [0.29, 0.717) is 22.3 Å². The van der Waals surface area contributed by atoms with Crippen LogP contribution in [-0.4, -0.2) is 19.9 Å². The number of halogens is 2. The number of hydrogen-bond donors (Lipinski definition) is 1. The van der Waals surface area contributed by atoms with Gasteiger partial charge in [0, 0.05) is 25.2 Å². The van der Waals surface area contributed by atoms with Crippen molar-refractivity contribution in [3.8, 4) is 0 Å². The monoisotopic (exact) mass is 285 g/mol. The van der Waals surface area contributed by atoms with E-state index in [-0.39, 0.29) is 0 Å². The number of aromatic nitrogens is 3. The minimum Gasteiger partial charge on any atom is -0.386 e.